The molecule has 144 valence electrons. The number of hydrogen-bond donors (Lipinski definition) is 1. The van der Waals surface area contributed by atoms with Crippen LogP contribution < -0.4 is 10.6 Å². The van der Waals surface area contributed by atoms with Gasteiger partial charge in [-0.1, -0.05) is 12.1 Å². The first-order valence-corrected chi connectivity index (χ1v) is 8.31. The SMILES string of the molecule is I.NC(=NCc1cccc([N+](=O)[O-])c1)N1CCN(c2ccc(F)cc2)CC1. The Hall–Kier alpha value is -2.43. The number of rotatable bonds is 4. The predicted octanol–water partition coefficient (Wildman–Crippen LogP) is 2.99. The van der Waals surface area contributed by atoms with E-state index in [0.717, 1.165) is 24.3 Å². The summed E-state index contributed by atoms with van der Waals surface area (Å²) in [5.41, 5.74) is 7.84. The molecule has 0 atom stereocenters. The second-order valence-corrected chi connectivity index (χ2v) is 6.05. The average Bonchev–Trinajstić information content (AvgIpc) is 2.67. The van der Waals surface area contributed by atoms with Crippen LogP contribution in [0, 0.1) is 15.9 Å². The normalized spacial score (nSPS) is 14.6. The summed E-state index contributed by atoms with van der Waals surface area (Å²) in [5.74, 6) is 0.181. The van der Waals surface area contributed by atoms with Gasteiger partial charge in [0.2, 0.25) is 0 Å². The number of halogens is 2. The lowest BCUT2D eigenvalue weighted by Gasteiger charge is -2.36. The number of nitrogens with zero attached hydrogens (tertiary/aromatic N) is 4. The smallest absolute Gasteiger partial charge is 0.269 e. The first-order chi connectivity index (χ1) is 12.5. The largest absolute Gasteiger partial charge is 0.370 e. The van der Waals surface area contributed by atoms with Gasteiger partial charge in [-0.15, -0.1) is 24.0 Å². The first kappa shape index (κ1) is 20.9. The molecule has 27 heavy (non-hydrogen) atoms. The molecule has 0 spiro atoms. The van der Waals surface area contributed by atoms with Crippen LogP contribution in [0.3, 0.4) is 0 Å². The molecule has 0 amide bonds. The van der Waals surface area contributed by atoms with Crippen LogP contribution in [0.1, 0.15) is 5.56 Å². The van der Waals surface area contributed by atoms with E-state index in [1.807, 2.05) is 4.90 Å². The van der Waals surface area contributed by atoms with Crippen LogP contribution in [0.2, 0.25) is 0 Å². The highest BCUT2D eigenvalue weighted by Gasteiger charge is 2.18. The lowest BCUT2D eigenvalue weighted by atomic mass is 10.2. The molecular formula is C18H21FIN5O2. The van der Waals surface area contributed by atoms with Gasteiger partial charge in [-0.2, -0.15) is 0 Å². The summed E-state index contributed by atoms with van der Waals surface area (Å²) in [4.78, 5) is 18.9. The molecular weight excluding hydrogens is 464 g/mol. The van der Waals surface area contributed by atoms with Gasteiger partial charge in [0.05, 0.1) is 11.5 Å². The molecule has 1 heterocycles. The maximum atomic E-state index is 13.0. The number of nitro groups is 1. The van der Waals surface area contributed by atoms with Crippen molar-refractivity contribution < 1.29 is 9.31 Å². The van der Waals surface area contributed by atoms with Crippen molar-refractivity contribution in [3.8, 4) is 0 Å². The number of nitro benzene ring substituents is 1. The van der Waals surface area contributed by atoms with Crippen molar-refractivity contribution in [3.05, 3.63) is 70.0 Å². The highest BCUT2D eigenvalue weighted by molar-refractivity contribution is 14.0. The molecule has 2 aromatic carbocycles. The van der Waals surface area contributed by atoms with E-state index in [1.54, 1.807) is 24.3 Å². The van der Waals surface area contributed by atoms with Crippen molar-refractivity contribution >= 4 is 41.3 Å². The van der Waals surface area contributed by atoms with Crippen molar-refractivity contribution in [2.75, 3.05) is 31.1 Å². The zero-order valence-corrected chi connectivity index (χ0v) is 17.0. The molecule has 3 rings (SSSR count). The molecule has 1 aliphatic rings. The van der Waals surface area contributed by atoms with Gasteiger partial charge in [0.25, 0.3) is 5.69 Å². The van der Waals surface area contributed by atoms with Gasteiger partial charge in [0, 0.05) is 44.0 Å². The van der Waals surface area contributed by atoms with E-state index in [1.165, 1.54) is 24.3 Å². The Labute approximate surface area is 173 Å². The van der Waals surface area contributed by atoms with E-state index < -0.39 is 4.92 Å². The molecule has 0 radical (unpaired) electrons. The van der Waals surface area contributed by atoms with E-state index in [0.29, 0.717) is 25.6 Å². The third kappa shape index (κ3) is 5.52. The van der Waals surface area contributed by atoms with Gasteiger partial charge in [-0.05, 0) is 29.8 Å². The second kappa shape index (κ2) is 9.49. The summed E-state index contributed by atoms with van der Waals surface area (Å²) in [7, 11) is 0. The summed E-state index contributed by atoms with van der Waals surface area (Å²) in [5, 5.41) is 10.8. The Morgan fingerprint density at radius 3 is 2.44 bits per heavy atom. The van der Waals surface area contributed by atoms with Crippen molar-refractivity contribution in [2.24, 2.45) is 10.7 Å². The number of benzene rings is 2. The molecule has 0 aromatic heterocycles. The van der Waals surface area contributed by atoms with Gasteiger partial charge in [0.15, 0.2) is 5.96 Å². The monoisotopic (exact) mass is 485 g/mol. The van der Waals surface area contributed by atoms with Crippen molar-refractivity contribution in [1.82, 2.24) is 4.90 Å². The standard InChI is InChI=1S/C18H20FN5O2.HI/c19-15-4-6-16(7-5-15)22-8-10-23(11-9-22)18(20)21-13-14-2-1-3-17(12-14)24(25)26;/h1-7,12H,8-11,13H2,(H2,20,21);1H. The summed E-state index contributed by atoms with van der Waals surface area (Å²) in [6.07, 6.45) is 0. The Morgan fingerprint density at radius 1 is 1.15 bits per heavy atom. The number of piperazine rings is 1. The lowest BCUT2D eigenvalue weighted by molar-refractivity contribution is -0.384. The number of guanidine groups is 1. The number of aliphatic imine (C=N–C) groups is 1. The van der Waals surface area contributed by atoms with Crippen LogP contribution in [0.15, 0.2) is 53.5 Å². The summed E-state index contributed by atoms with van der Waals surface area (Å²) in [6.45, 7) is 3.24. The van der Waals surface area contributed by atoms with Gasteiger partial charge in [-0.3, -0.25) is 10.1 Å². The number of hydrogen-bond acceptors (Lipinski definition) is 4. The Bertz CT molecular complexity index is 808. The molecule has 0 aliphatic carbocycles. The minimum absolute atomic E-state index is 0. The van der Waals surface area contributed by atoms with Crippen LogP contribution >= 0.6 is 24.0 Å². The maximum absolute atomic E-state index is 13.0. The Balaban J connectivity index is 0.00000261. The van der Waals surface area contributed by atoms with Crippen LogP contribution in [0.4, 0.5) is 15.8 Å². The fraction of sp³-hybridized carbons (Fsp3) is 0.278. The minimum Gasteiger partial charge on any atom is -0.370 e. The van der Waals surface area contributed by atoms with Crippen molar-refractivity contribution in [3.63, 3.8) is 0 Å². The number of nitrogens with two attached hydrogens (primary N) is 1. The third-order valence-corrected chi connectivity index (χ3v) is 4.34. The highest BCUT2D eigenvalue weighted by atomic mass is 127. The molecule has 2 N–H and O–H groups in total. The highest BCUT2D eigenvalue weighted by Crippen LogP contribution is 2.17. The third-order valence-electron chi connectivity index (χ3n) is 4.34. The van der Waals surface area contributed by atoms with E-state index >= 15 is 0 Å². The average molecular weight is 485 g/mol. The maximum Gasteiger partial charge on any atom is 0.269 e. The van der Waals surface area contributed by atoms with Crippen LogP contribution in [-0.4, -0.2) is 42.0 Å². The van der Waals surface area contributed by atoms with Crippen LogP contribution in [0.5, 0.6) is 0 Å². The molecule has 9 heteroatoms. The Kier molecular flexibility index (Phi) is 7.34. The molecule has 7 nitrogen and oxygen atoms in total. The molecule has 2 aromatic rings. The fourth-order valence-electron chi connectivity index (χ4n) is 2.89. The topological polar surface area (TPSA) is 88.0 Å². The number of anilines is 1. The molecule has 1 saturated heterocycles. The zero-order chi connectivity index (χ0) is 18.5. The molecule has 0 saturated carbocycles. The van der Waals surface area contributed by atoms with Gasteiger partial charge < -0.3 is 15.5 Å². The van der Waals surface area contributed by atoms with Crippen molar-refractivity contribution in [1.29, 1.82) is 0 Å². The van der Waals surface area contributed by atoms with E-state index in [4.69, 9.17) is 5.73 Å². The molecule has 1 fully saturated rings. The predicted molar refractivity (Wildman–Crippen MR) is 114 cm³/mol. The van der Waals surface area contributed by atoms with Crippen LogP contribution in [-0.2, 0) is 6.54 Å². The van der Waals surface area contributed by atoms with Gasteiger partial charge in [-0.25, -0.2) is 9.38 Å². The second-order valence-electron chi connectivity index (χ2n) is 6.05. The fourth-order valence-corrected chi connectivity index (χ4v) is 2.89. The van der Waals surface area contributed by atoms with E-state index in [9.17, 15) is 14.5 Å². The number of non-ortho nitro benzene ring substituents is 1. The minimum atomic E-state index is -0.425. The van der Waals surface area contributed by atoms with E-state index in [-0.39, 0.29) is 35.5 Å². The zero-order valence-electron chi connectivity index (χ0n) is 14.6. The van der Waals surface area contributed by atoms with Gasteiger partial charge >= 0.3 is 0 Å². The summed E-state index contributed by atoms with van der Waals surface area (Å²) < 4.78 is 13.0. The quantitative estimate of drug-likeness (QED) is 0.237. The van der Waals surface area contributed by atoms with Gasteiger partial charge in [0.1, 0.15) is 5.82 Å². The molecule has 0 unspecified atom stereocenters. The summed E-state index contributed by atoms with van der Waals surface area (Å²) in [6, 6.07) is 12.8. The molecule has 0 bridgehead atoms. The van der Waals surface area contributed by atoms with Crippen LogP contribution in [0.25, 0.3) is 0 Å². The Morgan fingerprint density at radius 2 is 1.81 bits per heavy atom. The van der Waals surface area contributed by atoms with Crippen molar-refractivity contribution in [2.45, 2.75) is 6.54 Å². The first-order valence-electron chi connectivity index (χ1n) is 8.31. The molecule has 1 aliphatic heterocycles. The lowest BCUT2D eigenvalue weighted by Crippen LogP contribution is -2.51. The summed E-state index contributed by atoms with van der Waals surface area (Å²) >= 11 is 0. The van der Waals surface area contributed by atoms with E-state index in [2.05, 4.69) is 9.89 Å².